The predicted octanol–water partition coefficient (Wildman–Crippen LogP) is -0.218. The first-order valence-electron chi connectivity index (χ1n) is 7.16. The minimum atomic E-state index is -1.26. The highest BCUT2D eigenvalue weighted by molar-refractivity contribution is 6.01. The van der Waals surface area contributed by atoms with Crippen LogP contribution >= 0.6 is 0 Å². The van der Waals surface area contributed by atoms with Crippen molar-refractivity contribution in [3.05, 3.63) is 47.5 Å². The van der Waals surface area contributed by atoms with E-state index >= 15 is 0 Å². The molecule has 0 aliphatic heterocycles. The average Bonchev–Trinajstić information content (AvgIpc) is 2.61. The summed E-state index contributed by atoms with van der Waals surface area (Å²) in [5.41, 5.74) is -0.380. The van der Waals surface area contributed by atoms with E-state index < -0.39 is 23.9 Å². The number of aliphatic hydroxyl groups is 2. The highest BCUT2D eigenvalue weighted by Gasteiger charge is 2.13. The number of hydrogen-bond donors (Lipinski definition) is 6. The standard InChI is InChI=1S/C8H6O4.C4H4O4.C4H10O3/c9-7(10)5-3-1-2-4-6(5)8(11)12;5-3(6)1-2-4(7)8;5-1-3-7-4-2-6/h1-4H,(H,9,10)(H,11,12);1-2H,(H,5,6)(H,7,8);5-6H,1-4H2/b;2-1+;. The normalized spacial score (nSPS) is 9.41. The first-order chi connectivity index (χ1) is 12.7. The molecule has 27 heavy (non-hydrogen) atoms. The lowest BCUT2D eigenvalue weighted by molar-refractivity contribution is -0.134. The van der Waals surface area contributed by atoms with E-state index in [1.54, 1.807) is 0 Å². The van der Waals surface area contributed by atoms with Gasteiger partial charge < -0.3 is 35.4 Å². The van der Waals surface area contributed by atoms with Gasteiger partial charge >= 0.3 is 23.9 Å². The molecule has 1 aromatic rings. The monoisotopic (exact) mass is 388 g/mol. The number of aliphatic hydroxyl groups excluding tert-OH is 2. The van der Waals surface area contributed by atoms with E-state index in [0.717, 1.165) is 0 Å². The van der Waals surface area contributed by atoms with Gasteiger partial charge in [0.2, 0.25) is 0 Å². The highest BCUT2D eigenvalue weighted by Crippen LogP contribution is 2.07. The summed E-state index contributed by atoms with van der Waals surface area (Å²) in [7, 11) is 0. The number of aromatic carboxylic acids is 2. The zero-order valence-corrected chi connectivity index (χ0v) is 14.0. The maximum atomic E-state index is 10.5. The third-order valence-corrected chi connectivity index (χ3v) is 2.23. The van der Waals surface area contributed by atoms with Crippen molar-refractivity contribution in [3.63, 3.8) is 0 Å². The molecule has 1 rings (SSSR count). The SMILES string of the molecule is O=C(O)/C=C/C(=O)O.O=C(O)c1ccccc1C(=O)O.OCCOCCO. The van der Waals surface area contributed by atoms with Crippen LogP contribution in [0, 0.1) is 0 Å². The Kier molecular flexibility index (Phi) is 15.6. The second-order valence-electron chi connectivity index (χ2n) is 4.23. The zero-order valence-electron chi connectivity index (χ0n) is 14.0. The van der Waals surface area contributed by atoms with E-state index in [1.807, 2.05) is 0 Å². The molecule has 0 fully saturated rings. The van der Waals surface area contributed by atoms with E-state index in [1.165, 1.54) is 24.3 Å². The molecule has 0 saturated heterocycles. The molecule has 0 aliphatic carbocycles. The van der Waals surface area contributed by atoms with Gasteiger partial charge in [0.05, 0.1) is 37.6 Å². The molecule has 0 heterocycles. The van der Waals surface area contributed by atoms with E-state index in [4.69, 9.17) is 30.6 Å². The largest absolute Gasteiger partial charge is 0.478 e. The van der Waals surface area contributed by atoms with Gasteiger partial charge in [-0.25, -0.2) is 19.2 Å². The Bertz CT molecular complexity index is 584. The number of benzene rings is 1. The van der Waals surface area contributed by atoms with Crippen molar-refractivity contribution < 1.29 is 54.6 Å². The fourth-order valence-electron chi connectivity index (χ4n) is 1.23. The molecule has 0 radical (unpaired) electrons. The van der Waals surface area contributed by atoms with Crippen molar-refractivity contribution in [1.29, 1.82) is 0 Å². The van der Waals surface area contributed by atoms with Crippen LogP contribution in [0.5, 0.6) is 0 Å². The number of carboxylic acid groups (broad SMARTS) is 4. The quantitative estimate of drug-likeness (QED) is 0.254. The summed E-state index contributed by atoms with van der Waals surface area (Å²) in [4.78, 5) is 40.0. The van der Waals surface area contributed by atoms with Crippen molar-refractivity contribution in [2.45, 2.75) is 0 Å². The lowest BCUT2D eigenvalue weighted by Crippen LogP contribution is -2.06. The molecule has 0 aromatic heterocycles. The summed E-state index contributed by atoms with van der Waals surface area (Å²) in [5, 5.41) is 48.9. The molecule has 0 amide bonds. The third kappa shape index (κ3) is 16.0. The van der Waals surface area contributed by atoms with Gasteiger partial charge in [0, 0.05) is 12.2 Å². The Balaban J connectivity index is 0. The predicted molar refractivity (Wildman–Crippen MR) is 89.8 cm³/mol. The molecular weight excluding hydrogens is 368 g/mol. The molecule has 0 bridgehead atoms. The van der Waals surface area contributed by atoms with Gasteiger partial charge in [-0.1, -0.05) is 12.1 Å². The number of carbonyl (C=O) groups is 4. The van der Waals surface area contributed by atoms with Crippen molar-refractivity contribution in [1.82, 2.24) is 0 Å². The Labute approximate surface area is 153 Å². The summed E-state index contributed by atoms with van der Waals surface area (Å²) in [6, 6.07) is 5.48. The molecule has 0 aliphatic rings. The molecule has 1 aromatic carbocycles. The molecule has 6 N–H and O–H groups in total. The van der Waals surface area contributed by atoms with Gasteiger partial charge in [-0.15, -0.1) is 0 Å². The Hall–Kier alpha value is -3.28. The molecule has 0 saturated carbocycles. The summed E-state index contributed by atoms with van der Waals surface area (Å²) in [5.74, 6) is -4.97. The lowest BCUT2D eigenvalue weighted by Gasteiger charge is -1.98. The molecule has 150 valence electrons. The topological polar surface area (TPSA) is 199 Å². The summed E-state index contributed by atoms with van der Waals surface area (Å²) >= 11 is 0. The van der Waals surface area contributed by atoms with Crippen LogP contribution in [0.15, 0.2) is 36.4 Å². The molecule has 0 atom stereocenters. The van der Waals surface area contributed by atoms with Gasteiger partial charge in [-0.2, -0.15) is 0 Å². The van der Waals surface area contributed by atoms with Crippen molar-refractivity contribution in [3.8, 4) is 0 Å². The second-order valence-corrected chi connectivity index (χ2v) is 4.23. The highest BCUT2D eigenvalue weighted by atomic mass is 16.5. The minimum Gasteiger partial charge on any atom is -0.478 e. The summed E-state index contributed by atoms with van der Waals surface area (Å²) in [6.45, 7) is 0.696. The molecular formula is C16H20O11. The summed E-state index contributed by atoms with van der Waals surface area (Å²) < 4.78 is 4.63. The Morgan fingerprint density at radius 2 is 1.07 bits per heavy atom. The van der Waals surface area contributed by atoms with Crippen LogP contribution in [0.3, 0.4) is 0 Å². The number of aliphatic carboxylic acids is 2. The zero-order chi connectivity index (χ0) is 21.2. The Morgan fingerprint density at radius 3 is 1.30 bits per heavy atom. The van der Waals surface area contributed by atoms with E-state index in [9.17, 15) is 19.2 Å². The van der Waals surface area contributed by atoms with Gasteiger partial charge in [0.15, 0.2) is 0 Å². The maximum Gasteiger partial charge on any atom is 0.336 e. The lowest BCUT2D eigenvalue weighted by atomic mass is 10.1. The van der Waals surface area contributed by atoms with Crippen LogP contribution in [-0.4, -0.2) is 80.9 Å². The van der Waals surface area contributed by atoms with E-state index in [-0.39, 0.29) is 24.3 Å². The minimum absolute atomic E-state index is 0.0278. The van der Waals surface area contributed by atoms with Crippen LogP contribution in [0.1, 0.15) is 20.7 Å². The van der Waals surface area contributed by atoms with Gasteiger partial charge in [-0.05, 0) is 12.1 Å². The first-order valence-corrected chi connectivity index (χ1v) is 7.16. The molecule has 0 unspecified atom stereocenters. The number of hydrogen-bond acceptors (Lipinski definition) is 7. The second kappa shape index (κ2) is 16.2. The number of carboxylic acids is 4. The van der Waals surface area contributed by atoms with E-state index in [0.29, 0.717) is 25.4 Å². The fraction of sp³-hybridized carbons (Fsp3) is 0.250. The third-order valence-electron chi connectivity index (χ3n) is 2.23. The van der Waals surface area contributed by atoms with Gasteiger partial charge in [-0.3, -0.25) is 0 Å². The van der Waals surface area contributed by atoms with Crippen LogP contribution in [0.4, 0.5) is 0 Å². The maximum absolute atomic E-state index is 10.5. The smallest absolute Gasteiger partial charge is 0.336 e. The fourth-order valence-corrected chi connectivity index (χ4v) is 1.23. The number of rotatable bonds is 8. The van der Waals surface area contributed by atoms with Crippen molar-refractivity contribution in [2.24, 2.45) is 0 Å². The van der Waals surface area contributed by atoms with Crippen LogP contribution in [0.2, 0.25) is 0 Å². The first kappa shape index (κ1) is 26.0. The number of ether oxygens (including phenoxy) is 1. The molecule has 11 heteroatoms. The summed E-state index contributed by atoms with van der Waals surface area (Å²) in [6.07, 6.45) is 1.12. The van der Waals surface area contributed by atoms with Gasteiger partial charge in [0.1, 0.15) is 0 Å². The van der Waals surface area contributed by atoms with Gasteiger partial charge in [0.25, 0.3) is 0 Å². The van der Waals surface area contributed by atoms with Crippen molar-refractivity contribution >= 4 is 23.9 Å². The Morgan fingerprint density at radius 1 is 0.741 bits per heavy atom. The van der Waals surface area contributed by atoms with Crippen LogP contribution in [0.25, 0.3) is 0 Å². The van der Waals surface area contributed by atoms with Crippen LogP contribution < -0.4 is 0 Å². The van der Waals surface area contributed by atoms with Crippen LogP contribution in [-0.2, 0) is 14.3 Å². The molecule has 0 spiro atoms. The van der Waals surface area contributed by atoms with E-state index in [2.05, 4.69) is 4.74 Å². The molecule has 11 nitrogen and oxygen atoms in total. The van der Waals surface area contributed by atoms with Crippen molar-refractivity contribution in [2.75, 3.05) is 26.4 Å². The average molecular weight is 388 g/mol.